The lowest BCUT2D eigenvalue weighted by molar-refractivity contribution is 0.306. The monoisotopic (exact) mass is 490 g/mol. The predicted octanol–water partition coefficient (Wildman–Crippen LogP) is 6.48. The van der Waals surface area contributed by atoms with E-state index in [2.05, 4.69) is 0 Å². The molecule has 0 saturated heterocycles. The average molecular weight is 491 g/mol. The van der Waals surface area contributed by atoms with Crippen LogP contribution in [0, 0.1) is 0 Å². The van der Waals surface area contributed by atoms with Crippen molar-refractivity contribution in [2.45, 2.75) is 13.2 Å². The van der Waals surface area contributed by atoms with Gasteiger partial charge in [0.25, 0.3) is 0 Å². The van der Waals surface area contributed by atoms with Crippen LogP contribution < -0.4 is 25.4 Å². The molecule has 0 radical (unpaired) electrons. The Hall–Kier alpha value is -4.07. The maximum Gasteiger partial charge on any atom is 0.171 e. The maximum atomic E-state index is 15.0. The van der Waals surface area contributed by atoms with Crippen molar-refractivity contribution in [2.75, 3.05) is 0 Å². The van der Waals surface area contributed by atoms with Crippen molar-refractivity contribution in [2.24, 2.45) is 0 Å². The normalized spacial score (nSPS) is 11.1. The van der Waals surface area contributed by atoms with Crippen molar-refractivity contribution in [1.82, 2.24) is 0 Å². The second kappa shape index (κ2) is 11.1. The molecule has 0 atom stereocenters. The Morgan fingerprint density at radius 1 is 0.444 bits per heavy atom. The van der Waals surface area contributed by atoms with Crippen molar-refractivity contribution in [3.63, 3.8) is 0 Å². The van der Waals surface area contributed by atoms with E-state index < -0.39 is 7.14 Å². The summed E-state index contributed by atoms with van der Waals surface area (Å²) in [4.78, 5) is 0. The number of hydrogen-bond acceptors (Lipinski definition) is 3. The third kappa shape index (κ3) is 5.43. The van der Waals surface area contributed by atoms with Gasteiger partial charge in [-0.05, 0) is 35.4 Å². The Balaban J connectivity index is 1.48. The van der Waals surface area contributed by atoms with Gasteiger partial charge in [-0.25, -0.2) is 0 Å². The zero-order chi connectivity index (χ0) is 24.6. The van der Waals surface area contributed by atoms with E-state index in [1.54, 1.807) is 0 Å². The molecule has 0 aliphatic heterocycles. The number of rotatable bonds is 9. The first kappa shape index (κ1) is 23.7. The van der Waals surface area contributed by atoms with E-state index >= 15 is 0 Å². The molecule has 178 valence electrons. The first-order valence-corrected chi connectivity index (χ1v) is 13.6. The second-order valence-electron chi connectivity index (χ2n) is 8.49. The quantitative estimate of drug-likeness (QED) is 0.222. The fourth-order valence-corrected chi connectivity index (χ4v) is 6.80. The Labute approximate surface area is 212 Å². The summed E-state index contributed by atoms with van der Waals surface area (Å²) in [5, 5.41) is 2.21. The molecule has 0 heterocycles. The molecule has 0 aliphatic carbocycles. The minimum Gasteiger partial charge on any atom is -0.489 e. The van der Waals surface area contributed by atoms with Crippen molar-refractivity contribution in [3.05, 3.63) is 151 Å². The summed E-state index contributed by atoms with van der Waals surface area (Å²) in [5.41, 5.74) is 2.16. The summed E-state index contributed by atoms with van der Waals surface area (Å²) in [6.07, 6.45) is 0. The molecular weight excluding hydrogens is 463 g/mol. The molecule has 0 aliphatic rings. The van der Waals surface area contributed by atoms with Crippen molar-refractivity contribution >= 4 is 23.1 Å². The van der Waals surface area contributed by atoms with E-state index in [0.717, 1.165) is 27.0 Å². The van der Waals surface area contributed by atoms with Crippen LogP contribution in [0.3, 0.4) is 0 Å². The van der Waals surface area contributed by atoms with E-state index in [1.807, 2.05) is 140 Å². The fraction of sp³-hybridized carbons (Fsp3) is 0.0625. The van der Waals surface area contributed by atoms with E-state index in [-0.39, 0.29) is 0 Å². The minimum absolute atomic E-state index is 0.447. The van der Waals surface area contributed by atoms with Gasteiger partial charge < -0.3 is 14.0 Å². The predicted molar refractivity (Wildman–Crippen MR) is 147 cm³/mol. The van der Waals surface area contributed by atoms with Crippen LogP contribution in [-0.4, -0.2) is 0 Å². The maximum absolute atomic E-state index is 15.0. The smallest absolute Gasteiger partial charge is 0.171 e. The summed E-state index contributed by atoms with van der Waals surface area (Å²) >= 11 is 0. The molecule has 0 fully saturated rings. The molecule has 3 nitrogen and oxygen atoms in total. The summed E-state index contributed by atoms with van der Waals surface area (Å²) in [5.74, 6) is 1.37. The molecule has 0 N–H and O–H groups in total. The van der Waals surface area contributed by atoms with Gasteiger partial charge in [0.1, 0.15) is 24.7 Å². The highest BCUT2D eigenvalue weighted by molar-refractivity contribution is 7.85. The van der Waals surface area contributed by atoms with Crippen LogP contribution >= 0.6 is 7.14 Å². The molecule has 0 unspecified atom stereocenters. The van der Waals surface area contributed by atoms with Gasteiger partial charge in [0, 0.05) is 15.9 Å². The van der Waals surface area contributed by atoms with Gasteiger partial charge in [-0.15, -0.1) is 0 Å². The highest BCUT2D eigenvalue weighted by atomic mass is 31.2. The largest absolute Gasteiger partial charge is 0.489 e. The average Bonchev–Trinajstić information content (AvgIpc) is 2.96. The molecule has 5 aromatic carbocycles. The molecule has 4 heteroatoms. The molecular formula is C32H27O3P. The van der Waals surface area contributed by atoms with Gasteiger partial charge in [0.2, 0.25) is 0 Å². The first-order chi connectivity index (χ1) is 17.7. The van der Waals surface area contributed by atoms with E-state index in [4.69, 9.17) is 9.47 Å². The Kier molecular flexibility index (Phi) is 7.30. The van der Waals surface area contributed by atoms with Gasteiger partial charge in [-0.2, -0.15) is 0 Å². The molecule has 0 saturated carbocycles. The van der Waals surface area contributed by atoms with Crippen LogP contribution in [0.25, 0.3) is 0 Å². The van der Waals surface area contributed by atoms with Crippen LogP contribution in [0.4, 0.5) is 0 Å². The Morgan fingerprint density at radius 2 is 0.833 bits per heavy atom. The van der Waals surface area contributed by atoms with Crippen LogP contribution in [0.1, 0.15) is 11.1 Å². The first-order valence-electron chi connectivity index (χ1n) is 11.9. The van der Waals surface area contributed by atoms with Gasteiger partial charge in [0.05, 0.1) is 0 Å². The van der Waals surface area contributed by atoms with Gasteiger partial charge in [-0.1, -0.05) is 115 Å². The molecule has 5 aromatic rings. The third-order valence-corrected chi connectivity index (χ3v) is 9.02. The number of hydrogen-bond donors (Lipinski definition) is 0. The summed E-state index contributed by atoms with van der Waals surface area (Å²) in [6.45, 7) is 0.894. The van der Waals surface area contributed by atoms with Gasteiger partial charge >= 0.3 is 0 Å². The highest BCUT2D eigenvalue weighted by Gasteiger charge is 2.30. The molecule has 0 spiro atoms. The SMILES string of the molecule is O=P(c1ccccc1)(c1cccc(OCc2ccccc2)c1)c1cccc(OCc2ccccc2)c1. The number of benzene rings is 5. The number of ether oxygens (including phenoxy) is 2. The third-order valence-electron chi connectivity index (χ3n) is 5.98. The van der Waals surface area contributed by atoms with Gasteiger partial charge in [-0.3, -0.25) is 0 Å². The zero-order valence-corrected chi connectivity index (χ0v) is 20.8. The fourth-order valence-electron chi connectivity index (χ4n) is 4.11. The van der Waals surface area contributed by atoms with Crippen molar-refractivity contribution < 1.29 is 14.0 Å². The molecule has 0 aromatic heterocycles. The lowest BCUT2D eigenvalue weighted by Crippen LogP contribution is -2.25. The Bertz CT molecular complexity index is 1360. The summed E-state index contributed by atoms with van der Waals surface area (Å²) in [6, 6.07) is 44.9. The molecule has 0 bridgehead atoms. The lowest BCUT2D eigenvalue weighted by Gasteiger charge is -2.21. The molecule has 5 rings (SSSR count). The van der Waals surface area contributed by atoms with E-state index in [1.165, 1.54) is 0 Å². The summed E-state index contributed by atoms with van der Waals surface area (Å²) in [7, 11) is -3.18. The highest BCUT2D eigenvalue weighted by Crippen LogP contribution is 2.43. The van der Waals surface area contributed by atoms with Crippen LogP contribution in [0.5, 0.6) is 11.5 Å². The summed E-state index contributed by atoms with van der Waals surface area (Å²) < 4.78 is 27.1. The minimum atomic E-state index is -3.18. The van der Waals surface area contributed by atoms with Crippen LogP contribution in [-0.2, 0) is 17.8 Å². The molecule has 36 heavy (non-hydrogen) atoms. The second-order valence-corrected chi connectivity index (χ2v) is 11.3. The van der Waals surface area contributed by atoms with Crippen molar-refractivity contribution in [3.8, 4) is 11.5 Å². The van der Waals surface area contributed by atoms with Crippen LogP contribution in [0.2, 0.25) is 0 Å². The molecule has 0 amide bonds. The van der Waals surface area contributed by atoms with Crippen LogP contribution in [0.15, 0.2) is 140 Å². The van der Waals surface area contributed by atoms with Crippen molar-refractivity contribution in [1.29, 1.82) is 0 Å². The topological polar surface area (TPSA) is 35.5 Å². The van der Waals surface area contributed by atoms with E-state index in [9.17, 15) is 4.57 Å². The zero-order valence-electron chi connectivity index (χ0n) is 19.9. The standard InChI is InChI=1S/C32H27O3P/c33-36(30-18-8-3-9-19-30,31-20-10-16-28(22-31)34-24-26-12-4-1-5-13-26)32-21-11-17-29(23-32)35-25-27-14-6-2-7-15-27/h1-23H,24-25H2. The Morgan fingerprint density at radius 3 is 1.28 bits per heavy atom. The lowest BCUT2D eigenvalue weighted by atomic mass is 10.2. The van der Waals surface area contributed by atoms with Gasteiger partial charge in [0.15, 0.2) is 7.14 Å². The van der Waals surface area contributed by atoms with E-state index in [0.29, 0.717) is 24.7 Å².